The molecule has 0 saturated carbocycles. The van der Waals surface area contributed by atoms with E-state index in [0.717, 1.165) is 38.4 Å². The first-order valence-corrected chi connectivity index (χ1v) is 7.61. The van der Waals surface area contributed by atoms with Gasteiger partial charge in [0.2, 0.25) is 17.8 Å². The van der Waals surface area contributed by atoms with Gasteiger partial charge in [0.05, 0.1) is 0 Å². The summed E-state index contributed by atoms with van der Waals surface area (Å²) in [4.78, 5) is 20.0. The Labute approximate surface area is 127 Å². The molecule has 7 nitrogen and oxygen atoms in total. The number of nitrogens with zero attached hydrogens (tertiary/aromatic N) is 6. The average molecular weight is 293 g/mol. The number of likely N-dealkylation sites (tertiary alicyclic amines) is 1. The monoisotopic (exact) mass is 293 g/mol. The van der Waals surface area contributed by atoms with Crippen molar-refractivity contribution in [3.63, 3.8) is 0 Å². The molecule has 1 aliphatic heterocycles. The maximum absolute atomic E-state index is 4.57. The molecule has 1 saturated heterocycles. The van der Waals surface area contributed by atoms with Crippen molar-refractivity contribution in [1.82, 2.24) is 19.9 Å². The molecule has 0 aliphatic carbocycles. The summed E-state index contributed by atoms with van der Waals surface area (Å²) >= 11 is 0. The maximum atomic E-state index is 4.57. The fourth-order valence-electron chi connectivity index (χ4n) is 2.61. The van der Waals surface area contributed by atoms with Gasteiger partial charge in [-0.1, -0.05) is 6.92 Å². The highest BCUT2D eigenvalue weighted by Crippen LogP contribution is 2.21. The second kappa shape index (κ2) is 6.89. The van der Waals surface area contributed by atoms with E-state index in [1.54, 1.807) is 0 Å². The minimum absolute atomic E-state index is 0.495. The van der Waals surface area contributed by atoms with Crippen LogP contribution in [0.1, 0.15) is 19.8 Å². The van der Waals surface area contributed by atoms with E-state index < -0.39 is 0 Å². The Kier molecular flexibility index (Phi) is 5.17. The third-order valence-electron chi connectivity index (χ3n) is 4.10. The molecule has 0 bridgehead atoms. The topological polar surface area (TPSA) is 60.4 Å². The zero-order valence-corrected chi connectivity index (χ0v) is 13.8. The number of rotatable bonds is 5. The van der Waals surface area contributed by atoms with E-state index in [1.165, 1.54) is 0 Å². The van der Waals surface area contributed by atoms with Crippen LogP contribution >= 0.6 is 0 Å². The van der Waals surface area contributed by atoms with Crippen molar-refractivity contribution in [3.8, 4) is 0 Å². The maximum Gasteiger partial charge on any atom is 0.231 e. The summed E-state index contributed by atoms with van der Waals surface area (Å²) in [5.41, 5.74) is 0. The van der Waals surface area contributed by atoms with Crippen LogP contribution in [-0.4, -0.2) is 73.7 Å². The largest absolute Gasteiger partial charge is 0.357 e. The Balaban J connectivity index is 2.15. The van der Waals surface area contributed by atoms with Crippen LogP contribution < -0.4 is 15.1 Å². The molecule has 0 radical (unpaired) electrons. The van der Waals surface area contributed by atoms with Gasteiger partial charge in [0.15, 0.2) is 0 Å². The molecule has 1 N–H and O–H groups in total. The van der Waals surface area contributed by atoms with Gasteiger partial charge in [-0.15, -0.1) is 0 Å². The van der Waals surface area contributed by atoms with Crippen LogP contribution in [0.2, 0.25) is 0 Å². The van der Waals surface area contributed by atoms with Crippen molar-refractivity contribution >= 4 is 17.8 Å². The van der Waals surface area contributed by atoms with E-state index in [2.05, 4.69) is 44.0 Å². The predicted molar refractivity (Wildman–Crippen MR) is 87.2 cm³/mol. The highest BCUT2D eigenvalue weighted by atomic mass is 15.4. The van der Waals surface area contributed by atoms with E-state index in [-0.39, 0.29) is 0 Å². The van der Waals surface area contributed by atoms with E-state index in [1.807, 2.05) is 26.0 Å². The van der Waals surface area contributed by atoms with Gasteiger partial charge in [-0.25, -0.2) is 0 Å². The lowest BCUT2D eigenvalue weighted by Gasteiger charge is -2.36. The second-order valence-corrected chi connectivity index (χ2v) is 5.68. The molecule has 21 heavy (non-hydrogen) atoms. The highest BCUT2D eigenvalue weighted by Gasteiger charge is 2.24. The van der Waals surface area contributed by atoms with Gasteiger partial charge in [-0.2, -0.15) is 15.0 Å². The van der Waals surface area contributed by atoms with Crippen molar-refractivity contribution in [3.05, 3.63) is 0 Å². The molecule has 0 unspecified atom stereocenters. The van der Waals surface area contributed by atoms with Gasteiger partial charge >= 0.3 is 0 Å². The Morgan fingerprint density at radius 2 is 1.71 bits per heavy atom. The Hall–Kier alpha value is -1.63. The quantitative estimate of drug-likeness (QED) is 0.865. The van der Waals surface area contributed by atoms with Crippen LogP contribution in [0, 0.1) is 0 Å². The first kappa shape index (κ1) is 15.8. The van der Waals surface area contributed by atoms with Crippen LogP contribution in [0.15, 0.2) is 0 Å². The number of nitrogens with one attached hydrogen (secondary N) is 1. The first-order chi connectivity index (χ1) is 10.0. The molecule has 1 aromatic rings. The van der Waals surface area contributed by atoms with Crippen molar-refractivity contribution in [2.24, 2.45) is 0 Å². The third-order valence-corrected chi connectivity index (χ3v) is 4.10. The second-order valence-electron chi connectivity index (χ2n) is 5.68. The molecule has 1 aromatic heterocycles. The molecule has 0 aromatic carbocycles. The normalized spacial score (nSPS) is 16.8. The lowest BCUT2D eigenvalue weighted by molar-refractivity contribution is 0.220. The lowest BCUT2D eigenvalue weighted by atomic mass is 10.0. The van der Waals surface area contributed by atoms with Gasteiger partial charge in [0, 0.05) is 47.3 Å². The fourth-order valence-corrected chi connectivity index (χ4v) is 2.61. The molecule has 0 atom stereocenters. The van der Waals surface area contributed by atoms with E-state index in [9.17, 15) is 0 Å². The molecule has 1 fully saturated rings. The zero-order valence-electron chi connectivity index (χ0n) is 13.8. The third kappa shape index (κ3) is 3.72. The summed E-state index contributed by atoms with van der Waals surface area (Å²) in [5, 5.41) is 3.01. The number of hydrogen-bond acceptors (Lipinski definition) is 7. The van der Waals surface area contributed by atoms with Crippen molar-refractivity contribution in [2.75, 3.05) is 62.9 Å². The molecule has 7 heteroatoms. The zero-order chi connectivity index (χ0) is 15.4. The smallest absolute Gasteiger partial charge is 0.231 e. The van der Waals surface area contributed by atoms with Gasteiger partial charge in [0.25, 0.3) is 0 Å². The Bertz CT molecular complexity index is 455. The molecule has 0 spiro atoms. The molecule has 2 rings (SSSR count). The number of hydrogen-bond donors (Lipinski definition) is 1. The number of piperidine rings is 1. The Morgan fingerprint density at radius 1 is 1.10 bits per heavy atom. The molecule has 2 heterocycles. The van der Waals surface area contributed by atoms with Gasteiger partial charge in [-0.05, 0) is 19.4 Å². The molecular formula is C14H27N7. The van der Waals surface area contributed by atoms with Crippen LogP contribution in [0.5, 0.6) is 0 Å². The molecule has 0 amide bonds. The molecule has 118 valence electrons. The summed E-state index contributed by atoms with van der Waals surface area (Å²) in [5.74, 6) is 2.04. The van der Waals surface area contributed by atoms with E-state index in [0.29, 0.717) is 17.9 Å². The number of aromatic nitrogens is 3. The first-order valence-electron chi connectivity index (χ1n) is 7.61. The van der Waals surface area contributed by atoms with Crippen LogP contribution in [-0.2, 0) is 0 Å². The summed E-state index contributed by atoms with van der Waals surface area (Å²) in [7, 11) is 7.80. The summed E-state index contributed by atoms with van der Waals surface area (Å²) in [6.07, 6.45) is 2.31. The molecular weight excluding hydrogens is 266 g/mol. The number of anilines is 3. The average Bonchev–Trinajstić information content (AvgIpc) is 2.53. The van der Waals surface area contributed by atoms with Crippen molar-refractivity contribution in [2.45, 2.75) is 25.8 Å². The van der Waals surface area contributed by atoms with Crippen molar-refractivity contribution in [1.29, 1.82) is 0 Å². The summed E-state index contributed by atoms with van der Waals surface area (Å²) in [6, 6.07) is 0.495. The summed E-state index contributed by atoms with van der Waals surface area (Å²) in [6.45, 7) is 5.65. The van der Waals surface area contributed by atoms with Gasteiger partial charge in [-0.3, -0.25) is 0 Å². The minimum atomic E-state index is 0.495. The molecule has 1 aliphatic rings. The fraction of sp³-hybridized carbons (Fsp3) is 0.786. The van der Waals surface area contributed by atoms with Crippen LogP contribution in [0.4, 0.5) is 17.8 Å². The van der Waals surface area contributed by atoms with Crippen LogP contribution in [0.25, 0.3) is 0 Å². The SMILES string of the molecule is CCN1CCC(N(C)c2nc(NC)nc(N(C)C)n2)CC1. The predicted octanol–water partition coefficient (Wildman–Crippen LogP) is 0.900. The van der Waals surface area contributed by atoms with Gasteiger partial charge < -0.3 is 20.0 Å². The van der Waals surface area contributed by atoms with Crippen LogP contribution in [0.3, 0.4) is 0 Å². The van der Waals surface area contributed by atoms with E-state index in [4.69, 9.17) is 0 Å². The van der Waals surface area contributed by atoms with E-state index >= 15 is 0 Å². The standard InChI is InChI=1S/C14H27N7/c1-6-21-9-7-11(8-10-21)20(5)14-17-12(15-2)16-13(18-14)19(3)4/h11H,6-10H2,1-5H3,(H,15,16,17,18). The Morgan fingerprint density at radius 3 is 2.24 bits per heavy atom. The lowest BCUT2D eigenvalue weighted by Crippen LogP contribution is -2.44. The summed E-state index contributed by atoms with van der Waals surface area (Å²) < 4.78 is 0. The highest BCUT2D eigenvalue weighted by molar-refractivity contribution is 5.44. The van der Waals surface area contributed by atoms with Crippen molar-refractivity contribution < 1.29 is 0 Å². The van der Waals surface area contributed by atoms with Gasteiger partial charge in [0.1, 0.15) is 0 Å². The minimum Gasteiger partial charge on any atom is -0.357 e.